The molecule has 0 bridgehead atoms. The molecule has 19 heavy (non-hydrogen) atoms. The highest BCUT2D eigenvalue weighted by molar-refractivity contribution is 9.10. The lowest BCUT2D eigenvalue weighted by Gasteiger charge is -2.17. The van der Waals surface area contributed by atoms with E-state index in [1.807, 2.05) is 6.92 Å². The number of carbonyl (C=O) groups is 1. The summed E-state index contributed by atoms with van der Waals surface area (Å²) in [5.74, 6) is -1.63. The number of hydrogen-bond donors (Lipinski definition) is 2. The van der Waals surface area contributed by atoms with Crippen molar-refractivity contribution in [3.05, 3.63) is 28.2 Å². The molecule has 0 radical (unpaired) electrons. The van der Waals surface area contributed by atoms with E-state index in [-0.39, 0.29) is 16.1 Å². The highest BCUT2D eigenvalue weighted by Crippen LogP contribution is 2.27. The normalized spacial score (nSPS) is 12.1. The van der Waals surface area contributed by atoms with E-state index in [0.717, 1.165) is 25.0 Å². The van der Waals surface area contributed by atoms with E-state index in [1.54, 1.807) is 6.92 Å². The van der Waals surface area contributed by atoms with Crippen LogP contribution in [0, 0.1) is 11.6 Å². The zero-order valence-electron chi connectivity index (χ0n) is 10.9. The van der Waals surface area contributed by atoms with Gasteiger partial charge in [-0.3, -0.25) is 4.79 Å². The van der Waals surface area contributed by atoms with Crippen LogP contribution in [0.1, 0.15) is 26.7 Å². The Bertz CT molecular complexity index is 431. The first kappa shape index (κ1) is 15.9. The van der Waals surface area contributed by atoms with Gasteiger partial charge in [0.25, 0.3) is 0 Å². The SMILES string of the molecule is CCCCNC(=O)C(C)Nc1c(F)cc(F)cc1Br. The number of amides is 1. The van der Waals surface area contributed by atoms with Gasteiger partial charge in [-0.15, -0.1) is 0 Å². The van der Waals surface area contributed by atoms with Gasteiger partial charge in [-0.1, -0.05) is 13.3 Å². The van der Waals surface area contributed by atoms with Gasteiger partial charge < -0.3 is 10.6 Å². The van der Waals surface area contributed by atoms with Gasteiger partial charge in [0.05, 0.1) is 5.69 Å². The van der Waals surface area contributed by atoms with Crippen molar-refractivity contribution in [2.24, 2.45) is 0 Å². The summed E-state index contributed by atoms with van der Waals surface area (Å²) in [7, 11) is 0. The molecule has 0 heterocycles. The Hall–Kier alpha value is -1.17. The predicted octanol–water partition coefficient (Wildman–Crippen LogP) is 3.44. The molecule has 1 aromatic carbocycles. The topological polar surface area (TPSA) is 41.1 Å². The number of nitrogens with one attached hydrogen (secondary N) is 2. The van der Waals surface area contributed by atoms with Crippen molar-refractivity contribution in [2.75, 3.05) is 11.9 Å². The van der Waals surface area contributed by atoms with Crippen LogP contribution < -0.4 is 10.6 Å². The number of rotatable bonds is 6. The number of carbonyl (C=O) groups excluding carboxylic acids is 1. The average Bonchev–Trinajstić information content (AvgIpc) is 2.33. The Morgan fingerprint density at radius 2 is 2.11 bits per heavy atom. The minimum absolute atomic E-state index is 0.0829. The monoisotopic (exact) mass is 334 g/mol. The molecule has 1 amide bonds. The Kier molecular flexibility index (Phi) is 6.21. The van der Waals surface area contributed by atoms with Crippen molar-refractivity contribution in [3.8, 4) is 0 Å². The molecule has 0 aliphatic rings. The van der Waals surface area contributed by atoms with E-state index in [9.17, 15) is 13.6 Å². The van der Waals surface area contributed by atoms with Crippen molar-refractivity contribution >= 4 is 27.5 Å². The summed E-state index contributed by atoms with van der Waals surface area (Å²) in [5.41, 5.74) is 0.0829. The minimum atomic E-state index is -0.736. The number of halogens is 3. The van der Waals surface area contributed by atoms with Crippen molar-refractivity contribution in [1.29, 1.82) is 0 Å². The molecule has 0 fully saturated rings. The second kappa shape index (κ2) is 7.43. The molecule has 0 spiro atoms. The van der Waals surface area contributed by atoms with E-state index < -0.39 is 17.7 Å². The van der Waals surface area contributed by atoms with Gasteiger partial charge in [-0.25, -0.2) is 8.78 Å². The summed E-state index contributed by atoms with van der Waals surface area (Å²) in [6, 6.07) is 1.31. The maximum atomic E-state index is 13.6. The lowest BCUT2D eigenvalue weighted by atomic mass is 10.2. The summed E-state index contributed by atoms with van der Waals surface area (Å²) < 4.78 is 26.8. The summed E-state index contributed by atoms with van der Waals surface area (Å²) >= 11 is 3.07. The van der Waals surface area contributed by atoms with Crippen LogP contribution in [0.4, 0.5) is 14.5 Å². The van der Waals surface area contributed by atoms with Gasteiger partial charge in [-0.05, 0) is 35.3 Å². The zero-order valence-corrected chi connectivity index (χ0v) is 12.5. The molecule has 1 unspecified atom stereocenters. The van der Waals surface area contributed by atoms with Crippen LogP contribution in [0.5, 0.6) is 0 Å². The Morgan fingerprint density at radius 1 is 1.42 bits per heavy atom. The van der Waals surface area contributed by atoms with Crippen LogP contribution in [-0.4, -0.2) is 18.5 Å². The highest BCUT2D eigenvalue weighted by Gasteiger charge is 2.16. The second-order valence-electron chi connectivity index (χ2n) is 4.26. The van der Waals surface area contributed by atoms with E-state index in [0.29, 0.717) is 6.54 Å². The number of benzene rings is 1. The second-order valence-corrected chi connectivity index (χ2v) is 5.11. The molecule has 0 saturated carbocycles. The van der Waals surface area contributed by atoms with Gasteiger partial charge in [0.15, 0.2) is 0 Å². The van der Waals surface area contributed by atoms with Crippen LogP contribution in [0.2, 0.25) is 0 Å². The molecule has 0 aliphatic heterocycles. The summed E-state index contributed by atoms with van der Waals surface area (Å²) in [4.78, 5) is 11.7. The lowest BCUT2D eigenvalue weighted by Crippen LogP contribution is -2.38. The van der Waals surface area contributed by atoms with Crippen molar-refractivity contribution in [1.82, 2.24) is 5.32 Å². The maximum absolute atomic E-state index is 13.6. The van der Waals surface area contributed by atoms with Crippen molar-refractivity contribution < 1.29 is 13.6 Å². The van der Waals surface area contributed by atoms with Gasteiger partial charge in [0.2, 0.25) is 5.91 Å². The van der Waals surface area contributed by atoms with Gasteiger partial charge in [0, 0.05) is 17.1 Å². The number of unbranched alkanes of at least 4 members (excludes halogenated alkanes) is 1. The van der Waals surface area contributed by atoms with Gasteiger partial charge in [0.1, 0.15) is 17.7 Å². The fourth-order valence-electron chi connectivity index (χ4n) is 1.50. The van der Waals surface area contributed by atoms with Crippen molar-refractivity contribution in [2.45, 2.75) is 32.7 Å². The molecule has 2 N–H and O–H groups in total. The first-order chi connectivity index (χ1) is 8.95. The van der Waals surface area contributed by atoms with Crippen LogP contribution in [0.25, 0.3) is 0 Å². The lowest BCUT2D eigenvalue weighted by molar-refractivity contribution is -0.121. The van der Waals surface area contributed by atoms with E-state index >= 15 is 0 Å². The Morgan fingerprint density at radius 3 is 2.68 bits per heavy atom. The van der Waals surface area contributed by atoms with Crippen molar-refractivity contribution in [3.63, 3.8) is 0 Å². The largest absolute Gasteiger partial charge is 0.371 e. The molecule has 6 heteroatoms. The third-order valence-corrected chi connectivity index (χ3v) is 3.22. The third kappa shape index (κ3) is 4.78. The van der Waals surface area contributed by atoms with Crippen LogP contribution >= 0.6 is 15.9 Å². The summed E-state index contributed by atoms with van der Waals surface area (Å²) in [5, 5.41) is 5.47. The van der Waals surface area contributed by atoms with Gasteiger partial charge in [-0.2, -0.15) is 0 Å². The molecule has 3 nitrogen and oxygen atoms in total. The third-order valence-electron chi connectivity index (χ3n) is 2.59. The number of hydrogen-bond acceptors (Lipinski definition) is 2. The van der Waals surface area contributed by atoms with Crippen LogP contribution in [0.15, 0.2) is 16.6 Å². The first-order valence-electron chi connectivity index (χ1n) is 6.14. The smallest absolute Gasteiger partial charge is 0.242 e. The molecular weight excluding hydrogens is 318 g/mol. The summed E-state index contributed by atoms with van der Waals surface area (Å²) in [6.45, 7) is 4.24. The predicted molar refractivity (Wildman–Crippen MR) is 75.1 cm³/mol. The zero-order chi connectivity index (χ0) is 14.4. The molecule has 106 valence electrons. The number of anilines is 1. The maximum Gasteiger partial charge on any atom is 0.242 e. The Balaban J connectivity index is 2.66. The van der Waals surface area contributed by atoms with E-state index in [2.05, 4.69) is 26.6 Å². The van der Waals surface area contributed by atoms with E-state index in [4.69, 9.17) is 0 Å². The molecule has 1 aromatic rings. The standard InChI is InChI=1S/C13H17BrF2N2O/c1-3-4-5-17-13(19)8(2)18-12-10(14)6-9(15)7-11(12)16/h6-8,18H,3-5H2,1-2H3,(H,17,19). The quantitative estimate of drug-likeness (QED) is 0.782. The minimum Gasteiger partial charge on any atom is -0.371 e. The molecule has 0 aliphatic carbocycles. The fraction of sp³-hybridized carbons (Fsp3) is 0.462. The molecular formula is C13H17BrF2N2O. The van der Waals surface area contributed by atoms with Crippen LogP contribution in [-0.2, 0) is 4.79 Å². The average molecular weight is 335 g/mol. The highest BCUT2D eigenvalue weighted by atomic mass is 79.9. The van der Waals surface area contributed by atoms with Gasteiger partial charge >= 0.3 is 0 Å². The summed E-state index contributed by atoms with van der Waals surface area (Å²) in [6.07, 6.45) is 1.88. The first-order valence-corrected chi connectivity index (χ1v) is 6.93. The van der Waals surface area contributed by atoms with Crippen LogP contribution in [0.3, 0.4) is 0 Å². The Labute approximate surface area is 119 Å². The van der Waals surface area contributed by atoms with E-state index in [1.165, 1.54) is 0 Å². The molecule has 0 saturated heterocycles. The molecule has 1 rings (SSSR count). The molecule has 1 atom stereocenters. The fourth-order valence-corrected chi connectivity index (χ4v) is 2.03. The molecule has 0 aromatic heterocycles.